The van der Waals surface area contributed by atoms with E-state index in [4.69, 9.17) is 14.6 Å². The number of carboxylic acids is 1. The summed E-state index contributed by atoms with van der Waals surface area (Å²) in [5.74, 6) is -1.66. The molecule has 0 aromatic carbocycles. The van der Waals surface area contributed by atoms with Gasteiger partial charge in [0.05, 0.1) is 31.9 Å². The summed E-state index contributed by atoms with van der Waals surface area (Å²) in [5, 5.41) is 11.6. The lowest BCUT2D eigenvalue weighted by Gasteiger charge is -2.15. The maximum absolute atomic E-state index is 11.9. The summed E-state index contributed by atoms with van der Waals surface area (Å²) in [4.78, 5) is 26.8. The van der Waals surface area contributed by atoms with Gasteiger partial charge in [-0.15, -0.1) is 0 Å². The first-order valence-electron chi connectivity index (χ1n) is 5.73. The minimum Gasteiger partial charge on any atom is -0.481 e. The van der Waals surface area contributed by atoms with Crippen molar-refractivity contribution in [3.8, 4) is 5.88 Å². The summed E-state index contributed by atoms with van der Waals surface area (Å²) in [6.07, 6.45) is 1.37. The molecule has 1 amide bonds. The van der Waals surface area contributed by atoms with E-state index in [9.17, 15) is 9.59 Å². The Kier molecular flexibility index (Phi) is 3.96. The maximum Gasteiger partial charge on any atom is 0.311 e. The van der Waals surface area contributed by atoms with E-state index in [1.807, 2.05) is 0 Å². The molecule has 0 bridgehead atoms. The van der Waals surface area contributed by atoms with E-state index in [-0.39, 0.29) is 19.1 Å². The van der Waals surface area contributed by atoms with E-state index >= 15 is 0 Å². The Labute approximate surface area is 109 Å². The zero-order valence-electron chi connectivity index (χ0n) is 10.3. The molecule has 2 N–H and O–H groups in total. The fourth-order valence-electron chi connectivity index (χ4n) is 1.83. The molecule has 2 unspecified atom stereocenters. The van der Waals surface area contributed by atoms with Crippen molar-refractivity contribution < 1.29 is 24.2 Å². The molecule has 1 aromatic heterocycles. The Morgan fingerprint density at radius 2 is 2.26 bits per heavy atom. The monoisotopic (exact) mass is 266 g/mol. The summed E-state index contributed by atoms with van der Waals surface area (Å²) in [5.41, 5.74) is 0.344. The molecule has 1 saturated heterocycles. The lowest BCUT2D eigenvalue weighted by molar-refractivity contribution is -0.142. The van der Waals surface area contributed by atoms with E-state index in [2.05, 4.69) is 10.3 Å². The molecule has 19 heavy (non-hydrogen) atoms. The maximum atomic E-state index is 11.9. The molecule has 1 fully saturated rings. The van der Waals surface area contributed by atoms with Crippen molar-refractivity contribution in [3.05, 3.63) is 23.9 Å². The van der Waals surface area contributed by atoms with Crippen LogP contribution in [0.1, 0.15) is 10.4 Å². The predicted octanol–water partition coefficient (Wildman–Crippen LogP) is -0.0804. The molecule has 1 aliphatic heterocycles. The number of rotatable bonds is 4. The van der Waals surface area contributed by atoms with Gasteiger partial charge in [-0.05, 0) is 6.07 Å². The van der Waals surface area contributed by atoms with Crippen LogP contribution in [0.15, 0.2) is 18.3 Å². The summed E-state index contributed by atoms with van der Waals surface area (Å²) >= 11 is 0. The molecule has 7 nitrogen and oxygen atoms in total. The van der Waals surface area contributed by atoms with Crippen molar-refractivity contribution >= 4 is 11.9 Å². The quantitative estimate of drug-likeness (QED) is 0.791. The number of aliphatic carboxylic acids is 1. The van der Waals surface area contributed by atoms with Crippen molar-refractivity contribution in [2.24, 2.45) is 5.92 Å². The number of nitrogens with zero attached hydrogens (tertiary/aromatic N) is 1. The van der Waals surface area contributed by atoms with Crippen LogP contribution >= 0.6 is 0 Å². The molecule has 7 heteroatoms. The number of carbonyl (C=O) groups is 2. The van der Waals surface area contributed by atoms with Crippen molar-refractivity contribution in [2.75, 3.05) is 20.3 Å². The van der Waals surface area contributed by atoms with Gasteiger partial charge in [-0.2, -0.15) is 0 Å². The Morgan fingerprint density at radius 1 is 1.47 bits per heavy atom. The minimum atomic E-state index is -0.976. The summed E-state index contributed by atoms with van der Waals surface area (Å²) in [6.45, 7) is 0.313. The number of carboxylic acid groups (broad SMARTS) is 1. The molecule has 1 aromatic rings. The van der Waals surface area contributed by atoms with Crippen LogP contribution in [-0.2, 0) is 9.53 Å². The van der Waals surface area contributed by atoms with Gasteiger partial charge in [-0.3, -0.25) is 9.59 Å². The van der Waals surface area contributed by atoms with Crippen LogP contribution in [0.3, 0.4) is 0 Å². The molecule has 0 aliphatic carbocycles. The van der Waals surface area contributed by atoms with Gasteiger partial charge < -0.3 is 19.9 Å². The molecule has 2 heterocycles. The van der Waals surface area contributed by atoms with Gasteiger partial charge >= 0.3 is 5.97 Å². The SMILES string of the molecule is COc1ccc(C(=O)NC2COCC2C(=O)O)cn1. The summed E-state index contributed by atoms with van der Waals surface area (Å²) in [6, 6.07) is 2.61. The molecule has 1 aliphatic rings. The van der Waals surface area contributed by atoms with Crippen LogP contribution in [0.4, 0.5) is 0 Å². The normalized spacial score (nSPS) is 21.9. The highest BCUT2D eigenvalue weighted by Crippen LogP contribution is 2.15. The zero-order chi connectivity index (χ0) is 13.8. The number of hydrogen-bond donors (Lipinski definition) is 2. The third kappa shape index (κ3) is 3.00. The van der Waals surface area contributed by atoms with Crippen molar-refractivity contribution in [1.29, 1.82) is 0 Å². The van der Waals surface area contributed by atoms with Gasteiger partial charge in [-0.1, -0.05) is 0 Å². The second-order valence-electron chi connectivity index (χ2n) is 4.15. The average molecular weight is 266 g/mol. The average Bonchev–Trinajstić information content (AvgIpc) is 2.87. The number of pyridine rings is 1. The van der Waals surface area contributed by atoms with Crippen LogP contribution in [0, 0.1) is 5.92 Å². The van der Waals surface area contributed by atoms with Gasteiger partial charge in [-0.25, -0.2) is 4.98 Å². The standard InChI is InChI=1S/C12H14N2O5/c1-18-10-3-2-7(4-13-10)11(15)14-9-6-19-5-8(9)12(16)17/h2-4,8-9H,5-6H2,1H3,(H,14,15)(H,16,17). The molecule has 0 spiro atoms. The van der Waals surface area contributed by atoms with Gasteiger partial charge in [0.15, 0.2) is 0 Å². The van der Waals surface area contributed by atoms with Crippen LogP contribution in [0.5, 0.6) is 5.88 Å². The van der Waals surface area contributed by atoms with E-state index in [1.54, 1.807) is 12.1 Å². The molecule has 2 rings (SSSR count). The Hall–Kier alpha value is -2.15. The second kappa shape index (κ2) is 5.66. The lowest BCUT2D eigenvalue weighted by Crippen LogP contribution is -2.42. The molecule has 0 radical (unpaired) electrons. The van der Waals surface area contributed by atoms with E-state index in [1.165, 1.54) is 13.3 Å². The third-order valence-electron chi connectivity index (χ3n) is 2.92. The van der Waals surface area contributed by atoms with Crippen molar-refractivity contribution in [1.82, 2.24) is 10.3 Å². The summed E-state index contributed by atoms with van der Waals surface area (Å²) in [7, 11) is 1.48. The highest BCUT2D eigenvalue weighted by Gasteiger charge is 2.35. The lowest BCUT2D eigenvalue weighted by atomic mass is 10.0. The largest absolute Gasteiger partial charge is 0.481 e. The van der Waals surface area contributed by atoms with Gasteiger partial charge in [0.25, 0.3) is 5.91 Å². The highest BCUT2D eigenvalue weighted by atomic mass is 16.5. The summed E-state index contributed by atoms with van der Waals surface area (Å²) < 4.78 is 9.96. The number of methoxy groups -OCH3 is 1. The first-order chi connectivity index (χ1) is 9.11. The van der Waals surface area contributed by atoms with E-state index in [0.29, 0.717) is 11.4 Å². The minimum absolute atomic E-state index is 0.112. The second-order valence-corrected chi connectivity index (χ2v) is 4.15. The number of carbonyl (C=O) groups excluding carboxylic acids is 1. The number of ether oxygens (including phenoxy) is 2. The van der Waals surface area contributed by atoms with Gasteiger partial charge in [0.2, 0.25) is 5.88 Å². The van der Waals surface area contributed by atoms with E-state index in [0.717, 1.165) is 0 Å². The number of hydrogen-bond acceptors (Lipinski definition) is 5. The smallest absolute Gasteiger partial charge is 0.311 e. The van der Waals surface area contributed by atoms with E-state index < -0.39 is 17.9 Å². The van der Waals surface area contributed by atoms with Crippen LogP contribution in [0.25, 0.3) is 0 Å². The van der Waals surface area contributed by atoms with Crippen molar-refractivity contribution in [3.63, 3.8) is 0 Å². The molecule has 2 atom stereocenters. The number of aromatic nitrogens is 1. The van der Waals surface area contributed by atoms with Crippen LogP contribution in [-0.4, -0.2) is 48.3 Å². The topological polar surface area (TPSA) is 97.8 Å². The third-order valence-corrected chi connectivity index (χ3v) is 2.92. The zero-order valence-corrected chi connectivity index (χ0v) is 10.3. The Morgan fingerprint density at radius 3 is 2.84 bits per heavy atom. The molecule has 102 valence electrons. The van der Waals surface area contributed by atoms with Crippen molar-refractivity contribution in [2.45, 2.75) is 6.04 Å². The van der Waals surface area contributed by atoms with Gasteiger partial charge in [0.1, 0.15) is 5.92 Å². The Bertz CT molecular complexity index is 474. The van der Waals surface area contributed by atoms with Crippen LogP contribution in [0.2, 0.25) is 0 Å². The van der Waals surface area contributed by atoms with Gasteiger partial charge in [0, 0.05) is 12.3 Å². The Balaban J connectivity index is 2.01. The molecular weight excluding hydrogens is 252 g/mol. The predicted molar refractivity (Wildman–Crippen MR) is 64.0 cm³/mol. The first kappa shape index (κ1) is 13.3. The molecular formula is C12H14N2O5. The fourth-order valence-corrected chi connectivity index (χ4v) is 1.83. The first-order valence-corrected chi connectivity index (χ1v) is 5.73. The van der Waals surface area contributed by atoms with Crippen LogP contribution < -0.4 is 10.1 Å². The number of nitrogens with one attached hydrogen (secondary N) is 1. The molecule has 0 saturated carbocycles. The number of amides is 1. The fraction of sp³-hybridized carbons (Fsp3) is 0.417. The highest BCUT2D eigenvalue weighted by molar-refractivity contribution is 5.94.